The van der Waals surface area contributed by atoms with Gasteiger partial charge in [0.15, 0.2) is 0 Å². The van der Waals surface area contributed by atoms with E-state index in [0.717, 1.165) is 35.4 Å². The Morgan fingerprint density at radius 2 is 2.35 bits per heavy atom. The number of hydrogen-bond donors (Lipinski definition) is 2. The molecule has 1 aromatic carbocycles. The zero-order valence-corrected chi connectivity index (χ0v) is 14.4. The SMILES string of the molecule is CSCC(C)(O)CNC1CCCOc2cc(Br)ccc21. The van der Waals surface area contributed by atoms with Crippen molar-refractivity contribution in [2.24, 2.45) is 0 Å². The molecule has 2 rings (SSSR count). The Labute approximate surface area is 133 Å². The first-order valence-electron chi connectivity index (χ1n) is 6.89. The molecule has 1 heterocycles. The predicted octanol–water partition coefficient (Wildman–Crippen LogP) is 3.37. The molecule has 0 aromatic heterocycles. The average molecular weight is 360 g/mol. The molecule has 1 aliphatic heterocycles. The van der Waals surface area contributed by atoms with Gasteiger partial charge >= 0.3 is 0 Å². The van der Waals surface area contributed by atoms with Crippen LogP contribution in [0.2, 0.25) is 0 Å². The molecule has 1 aliphatic rings. The zero-order chi connectivity index (χ0) is 14.6. The fourth-order valence-corrected chi connectivity index (χ4v) is 3.53. The molecule has 112 valence electrons. The first kappa shape index (κ1) is 16.1. The molecule has 0 radical (unpaired) electrons. The smallest absolute Gasteiger partial charge is 0.125 e. The number of thioether (sulfide) groups is 1. The summed E-state index contributed by atoms with van der Waals surface area (Å²) in [5.41, 5.74) is 0.507. The Hall–Kier alpha value is -0.230. The lowest BCUT2D eigenvalue weighted by molar-refractivity contribution is 0.0810. The summed E-state index contributed by atoms with van der Waals surface area (Å²) in [5.74, 6) is 1.68. The van der Waals surface area contributed by atoms with Gasteiger partial charge in [-0.3, -0.25) is 0 Å². The minimum Gasteiger partial charge on any atom is -0.493 e. The number of halogens is 1. The van der Waals surface area contributed by atoms with Crippen molar-refractivity contribution in [2.75, 3.05) is 25.2 Å². The number of fused-ring (bicyclic) bond motifs is 1. The minimum absolute atomic E-state index is 0.244. The van der Waals surface area contributed by atoms with Crippen LogP contribution in [0.3, 0.4) is 0 Å². The third-order valence-corrected chi connectivity index (χ3v) is 4.83. The van der Waals surface area contributed by atoms with Gasteiger partial charge in [0.2, 0.25) is 0 Å². The summed E-state index contributed by atoms with van der Waals surface area (Å²) < 4.78 is 6.84. The second kappa shape index (κ2) is 7.16. The van der Waals surface area contributed by atoms with E-state index in [1.807, 2.05) is 25.3 Å². The van der Waals surface area contributed by atoms with Gasteiger partial charge in [0.05, 0.1) is 12.2 Å². The van der Waals surface area contributed by atoms with Gasteiger partial charge < -0.3 is 15.2 Å². The fraction of sp³-hybridized carbons (Fsp3) is 0.600. The van der Waals surface area contributed by atoms with Crippen LogP contribution in [0.1, 0.15) is 31.4 Å². The quantitative estimate of drug-likeness (QED) is 0.845. The number of rotatable bonds is 5. The molecule has 2 N–H and O–H groups in total. The number of hydrogen-bond acceptors (Lipinski definition) is 4. The summed E-state index contributed by atoms with van der Waals surface area (Å²) in [4.78, 5) is 0. The monoisotopic (exact) mass is 359 g/mol. The van der Waals surface area contributed by atoms with E-state index < -0.39 is 5.60 Å². The number of benzene rings is 1. The number of ether oxygens (including phenoxy) is 1. The van der Waals surface area contributed by atoms with E-state index in [4.69, 9.17) is 4.74 Å². The summed E-state index contributed by atoms with van der Waals surface area (Å²) in [6, 6.07) is 6.41. The van der Waals surface area contributed by atoms with E-state index >= 15 is 0 Å². The first-order valence-corrected chi connectivity index (χ1v) is 9.07. The van der Waals surface area contributed by atoms with Crippen molar-refractivity contribution in [3.05, 3.63) is 28.2 Å². The molecule has 0 bridgehead atoms. The van der Waals surface area contributed by atoms with Crippen molar-refractivity contribution in [3.63, 3.8) is 0 Å². The Bertz CT molecular complexity index is 453. The Balaban J connectivity index is 2.09. The lowest BCUT2D eigenvalue weighted by atomic mass is 10.0. The standard InChI is InChI=1S/C15H22BrNO2S/c1-15(18,10-20-2)9-17-13-4-3-7-19-14-8-11(16)5-6-12(13)14/h5-6,8,13,17-18H,3-4,7,9-10H2,1-2H3. The second-order valence-electron chi connectivity index (χ2n) is 5.54. The highest BCUT2D eigenvalue weighted by molar-refractivity contribution is 9.10. The molecule has 1 aromatic rings. The van der Waals surface area contributed by atoms with Gasteiger partial charge in [-0.05, 0) is 38.2 Å². The molecule has 0 spiro atoms. The van der Waals surface area contributed by atoms with Crippen LogP contribution in [-0.2, 0) is 0 Å². The van der Waals surface area contributed by atoms with Gasteiger partial charge in [-0.1, -0.05) is 22.0 Å². The van der Waals surface area contributed by atoms with Crippen molar-refractivity contribution >= 4 is 27.7 Å². The van der Waals surface area contributed by atoms with Crippen molar-refractivity contribution in [1.82, 2.24) is 5.32 Å². The van der Waals surface area contributed by atoms with Gasteiger partial charge in [-0.15, -0.1) is 0 Å². The third-order valence-electron chi connectivity index (χ3n) is 3.43. The molecular weight excluding hydrogens is 338 g/mol. The van der Waals surface area contributed by atoms with Gasteiger partial charge in [0.25, 0.3) is 0 Å². The van der Waals surface area contributed by atoms with Crippen LogP contribution in [0.4, 0.5) is 0 Å². The van der Waals surface area contributed by atoms with Crippen LogP contribution < -0.4 is 10.1 Å². The van der Waals surface area contributed by atoms with Gasteiger partial charge in [0.1, 0.15) is 5.75 Å². The maximum absolute atomic E-state index is 10.3. The topological polar surface area (TPSA) is 41.5 Å². The van der Waals surface area contributed by atoms with Crippen LogP contribution in [0, 0.1) is 0 Å². The molecule has 0 fully saturated rings. The van der Waals surface area contributed by atoms with Gasteiger partial charge in [-0.25, -0.2) is 0 Å². The molecule has 2 unspecified atom stereocenters. The van der Waals surface area contributed by atoms with E-state index in [-0.39, 0.29) is 6.04 Å². The summed E-state index contributed by atoms with van der Waals surface area (Å²) in [5, 5.41) is 13.8. The number of nitrogens with one attached hydrogen (secondary N) is 1. The maximum atomic E-state index is 10.3. The Morgan fingerprint density at radius 1 is 1.55 bits per heavy atom. The van der Waals surface area contributed by atoms with E-state index in [2.05, 4.69) is 27.3 Å². The largest absolute Gasteiger partial charge is 0.493 e. The maximum Gasteiger partial charge on any atom is 0.125 e. The van der Waals surface area contributed by atoms with E-state index in [0.29, 0.717) is 6.54 Å². The van der Waals surface area contributed by atoms with Crippen molar-refractivity contribution in [1.29, 1.82) is 0 Å². The minimum atomic E-state index is -0.678. The van der Waals surface area contributed by atoms with Gasteiger partial charge in [-0.2, -0.15) is 11.8 Å². The fourth-order valence-electron chi connectivity index (χ4n) is 2.46. The van der Waals surface area contributed by atoms with Crippen LogP contribution in [0.5, 0.6) is 5.75 Å². The lowest BCUT2D eigenvalue weighted by Crippen LogP contribution is -2.41. The van der Waals surface area contributed by atoms with Crippen molar-refractivity contribution in [3.8, 4) is 5.75 Å². The summed E-state index contributed by atoms with van der Waals surface area (Å²) in [6.07, 6.45) is 4.07. The highest BCUT2D eigenvalue weighted by Gasteiger charge is 2.24. The third kappa shape index (κ3) is 4.38. The zero-order valence-electron chi connectivity index (χ0n) is 12.0. The van der Waals surface area contributed by atoms with Crippen LogP contribution >= 0.6 is 27.7 Å². The summed E-state index contributed by atoms with van der Waals surface area (Å²) in [6.45, 7) is 3.23. The first-order chi connectivity index (χ1) is 9.52. The Morgan fingerprint density at radius 3 is 3.10 bits per heavy atom. The molecule has 5 heteroatoms. The molecule has 20 heavy (non-hydrogen) atoms. The molecular formula is C15H22BrNO2S. The van der Waals surface area contributed by atoms with Crippen molar-refractivity contribution in [2.45, 2.75) is 31.4 Å². The molecule has 0 saturated heterocycles. The van der Waals surface area contributed by atoms with E-state index in [1.165, 1.54) is 5.56 Å². The average Bonchev–Trinajstić information content (AvgIpc) is 2.58. The predicted molar refractivity (Wildman–Crippen MR) is 88.6 cm³/mol. The molecule has 0 aliphatic carbocycles. The summed E-state index contributed by atoms with van der Waals surface area (Å²) >= 11 is 5.15. The molecule has 0 amide bonds. The lowest BCUT2D eigenvalue weighted by Gasteiger charge is -2.26. The highest BCUT2D eigenvalue weighted by Crippen LogP contribution is 2.33. The molecule has 3 nitrogen and oxygen atoms in total. The second-order valence-corrected chi connectivity index (χ2v) is 7.32. The van der Waals surface area contributed by atoms with Crippen LogP contribution in [0.15, 0.2) is 22.7 Å². The van der Waals surface area contributed by atoms with E-state index in [9.17, 15) is 5.11 Å². The normalized spacial score (nSPS) is 21.5. The Kier molecular flexibility index (Phi) is 5.78. The van der Waals surface area contributed by atoms with Gasteiger partial charge in [0, 0.05) is 28.4 Å². The molecule has 2 atom stereocenters. The number of aliphatic hydroxyl groups is 1. The molecule has 0 saturated carbocycles. The van der Waals surface area contributed by atoms with Crippen molar-refractivity contribution < 1.29 is 9.84 Å². The van der Waals surface area contributed by atoms with Crippen LogP contribution in [-0.4, -0.2) is 35.9 Å². The highest BCUT2D eigenvalue weighted by atomic mass is 79.9. The van der Waals surface area contributed by atoms with Crippen LogP contribution in [0.25, 0.3) is 0 Å². The summed E-state index contributed by atoms with van der Waals surface area (Å²) in [7, 11) is 0. The van der Waals surface area contributed by atoms with E-state index in [1.54, 1.807) is 11.8 Å².